The highest BCUT2D eigenvalue weighted by atomic mass is 19.4. The molecular formula is C21H23F3N2O5. The molecule has 0 saturated heterocycles. The molecule has 168 valence electrons. The number of aromatic hydroxyl groups is 1. The van der Waals surface area contributed by atoms with Crippen LogP contribution in [-0.2, 0) is 15.7 Å². The molecule has 1 amide bonds. The number of hydrogen-bond donors (Lipinski definition) is 2. The van der Waals surface area contributed by atoms with Gasteiger partial charge in [0, 0.05) is 18.2 Å². The number of alkyl halides is 3. The zero-order chi connectivity index (χ0) is 23.3. The molecule has 2 N–H and O–H groups in total. The molecule has 1 aromatic carbocycles. The summed E-state index contributed by atoms with van der Waals surface area (Å²) in [6, 6.07) is 5.27. The summed E-state index contributed by atoms with van der Waals surface area (Å²) in [4.78, 5) is 28.5. The summed E-state index contributed by atoms with van der Waals surface area (Å²) in [7, 11) is 1.30. The maximum absolute atomic E-state index is 13.3. The molecule has 0 aliphatic rings. The third-order valence-electron chi connectivity index (χ3n) is 4.79. The zero-order valence-corrected chi connectivity index (χ0v) is 17.4. The van der Waals surface area contributed by atoms with Crippen molar-refractivity contribution in [3.05, 3.63) is 53.3 Å². The molecule has 1 aromatic heterocycles. The van der Waals surface area contributed by atoms with Crippen LogP contribution in [0.2, 0.25) is 0 Å². The van der Waals surface area contributed by atoms with Gasteiger partial charge in [-0.3, -0.25) is 4.79 Å². The Morgan fingerprint density at radius 2 is 1.77 bits per heavy atom. The second kappa shape index (κ2) is 9.67. The van der Waals surface area contributed by atoms with Gasteiger partial charge in [-0.2, -0.15) is 13.2 Å². The third-order valence-corrected chi connectivity index (χ3v) is 4.79. The van der Waals surface area contributed by atoms with Gasteiger partial charge in [-0.1, -0.05) is 25.1 Å². The molecule has 3 atom stereocenters. The Labute approximate surface area is 177 Å². The molecule has 7 nitrogen and oxygen atoms in total. The second-order valence-electron chi connectivity index (χ2n) is 6.92. The van der Waals surface area contributed by atoms with E-state index in [1.807, 2.05) is 0 Å². The smallest absolute Gasteiger partial charge is 0.416 e. The van der Waals surface area contributed by atoms with Gasteiger partial charge in [-0.15, -0.1) is 0 Å². The van der Waals surface area contributed by atoms with Gasteiger partial charge in [0.2, 0.25) is 0 Å². The summed E-state index contributed by atoms with van der Waals surface area (Å²) >= 11 is 0. The quantitative estimate of drug-likeness (QED) is 0.638. The molecule has 0 fully saturated rings. The molecule has 0 bridgehead atoms. The van der Waals surface area contributed by atoms with Gasteiger partial charge in [0.15, 0.2) is 17.2 Å². The molecule has 10 heteroatoms. The van der Waals surface area contributed by atoms with Crippen LogP contribution >= 0.6 is 0 Å². The van der Waals surface area contributed by atoms with Crippen molar-refractivity contribution in [1.29, 1.82) is 0 Å². The number of nitrogens with zero attached hydrogens (tertiary/aromatic N) is 1. The lowest BCUT2D eigenvalue weighted by Gasteiger charge is -2.25. The van der Waals surface area contributed by atoms with E-state index in [2.05, 4.69) is 10.3 Å². The number of carbonyl (C=O) groups excluding carboxylic acids is 2. The number of nitrogens with one attached hydrogen (secondary N) is 1. The summed E-state index contributed by atoms with van der Waals surface area (Å²) in [6.45, 7) is 4.34. The fraction of sp³-hybridized carbons (Fsp3) is 0.381. The summed E-state index contributed by atoms with van der Waals surface area (Å²) in [6.07, 6.45) is -4.20. The molecule has 0 saturated carbocycles. The minimum Gasteiger partial charge on any atom is -0.503 e. The van der Waals surface area contributed by atoms with Crippen LogP contribution in [0.15, 0.2) is 36.5 Å². The van der Waals surface area contributed by atoms with Gasteiger partial charge in [-0.25, -0.2) is 9.78 Å². The van der Waals surface area contributed by atoms with Crippen LogP contribution in [0.5, 0.6) is 11.5 Å². The van der Waals surface area contributed by atoms with Crippen LogP contribution in [-0.4, -0.2) is 41.2 Å². The number of rotatable bonds is 7. The van der Waals surface area contributed by atoms with E-state index in [4.69, 9.17) is 9.47 Å². The van der Waals surface area contributed by atoms with E-state index in [0.29, 0.717) is 0 Å². The molecule has 1 heterocycles. The normalized spacial score (nSPS) is 14.3. The monoisotopic (exact) mass is 440 g/mol. The van der Waals surface area contributed by atoms with E-state index in [9.17, 15) is 27.9 Å². The average Bonchev–Trinajstić information content (AvgIpc) is 2.72. The number of pyridine rings is 1. The fourth-order valence-electron chi connectivity index (χ4n) is 2.88. The first kappa shape index (κ1) is 24.0. The number of halogens is 3. The third kappa shape index (κ3) is 5.65. The minimum atomic E-state index is -4.54. The summed E-state index contributed by atoms with van der Waals surface area (Å²) in [5.41, 5.74) is -1.15. The molecule has 0 unspecified atom stereocenters. The van der Waals surface area contributed by atoms with E-state index < -0.39 is 47.4 Å². The van der Waals surface area contributed by atoms with E-state index >= 15 is 0 Å². The lowest BCUT2D eigenvalue weighted by atomic mass is 9.91. The molecule has 2 rings (SSSR count). The highest BCUT2D eigenvalue weighted by Crippen LogP contribution is 2.36. The molecule has 0 aliphatic heterocycles. The number of aromatic nitrogens is 1. The van der Waals surface area contributed by atoms with Crippen LogP contribution in [0.1, 0.15) is 48.3 Å². The lowest BCUT2D eigenvalue weighted by Crippen LogP contribution is -2.41. The first-order valence-electron chi connectivity index (χ1n) is 9.36. The van der Waals surface area contributed by atoms with Crippen molar-refractivity contribution < 1.29 is 37.3 Å². The Hall–Kier alpha value is -3.30. The summed E-state index contributed by atoms with van der Waals surface area (Å²) < 4.78 is 50.0. The Balaban J connectivity index is 2.07. The highest BCUT2D eigenvalue weighted by Gasteiger charge is 2.36. The van der Waals surface area contributed by atoms with Crippen molar-refractivity contribution >= 4 is 11.9 Å². The van der Waals surface area contributed by atoms with Crippen molar-refractivity contribution in [1.82, 2.24) is 10.3 Å². The Morgan fingerprint density at radius 1 is 1.13 bits per heavy atom. The van der Waals surface area contributed by atoms with Gasteiger partial charge in [-0.05, 0) is 25.5 Å². The van der Waals surface area contributed by atoms with Crippen LogP contribution in [0.3, 0.4) is 0 Å². The number of carbonyl (C=O) groups is 2. The minimum absolute atomic E-state index is 0.00232. The predicted molar refractivity (Wildman–Crippen MR) is 105 cm³/mol. The first-order chi connectivity index (χ1) is 14.5. The van der Waals surface area contributed by atoms with E-state index in [-0.39, 0.29) is 17.0 Å². The van der Waals surface area contributed by atoms with Gasteiger partial charge < -0.3 is 19.9 Å². The molecule has 0 spiro atoms. The summed E-state index contributed by atoms with van der Waals surface area (Å²) in [5, 5.41) is 12.3. The maximum atomic E-state index is 13.3. The van der Waals surface area contributed by atoms with Crippen molar-refractivity contribution in [3.63, 3.8) is 0 Å². The fourth-order valence-corrected chi connectivity index (χ4v) is 2.88. The molecular weight excluding hydrogens is 417 g/mol. The number of methoxy groups -OCH3 is 1. The Morgan fingerprint density at radius 3 is 2.39 bits per heavy atom. The van der Waals surface area contributed by atoms with Crippen LogP contribution in [0.4, 0.5) is 13.2 Å². The predicted octanol–water partition coefficient (Wildman–Crippen LogP) is 3.67. The molecule has 2 aromatic rings. The number of hydrogen-bond acceptors (Lipinski definition) is 6. The average molecular weight is 440 g/mol. The lowest BCUT2D eigenvalue weighted by molar-refractivity contribution is -0.151. The highest BCUT2D eigenvalue weighted by molar-refractivity contribution is 5.97. The molecule has 0 aliphatic carbocycles. The largest absolute Gasteiger partial charge is 0.503 e. The summed E-state index contributed by atoms with van der Waals surface area (Å²) in [5.74, 6) is -2.91. The van der Waals surface area contributed by atoms with Crippen molar-refractivity contribution in [3.8, 4) is 11.5 Å². The number of amides is 1. The van der Waals surface area contributed by atoms with E-state index in [1.165, 1.54) is 58.3 Å². The standard InChI is InChI=1S/C21H23F3N2O5/c1-11(14-7-5-6-8-15(14)21(22,23)24)13(3)31-20(29)12(2)26-19(28)17-18(27)16(30-4)9-10-25-17/h5-13,27H,1-4H3,(H,26,28)/t11-,12-,13+/m0/s1. The SMILES string of the molecule is COc1ccnc(C(=O)N[C@@H](C)C(=O)O[C@H](C)[C@H](C)c2ccccc2C(F)(F)F)c1O. The van der Waals surface area contributed by atoms with Crippen LogP contribution < -0.4 is 10.1 Å². The second-order valence-corrected chi connectivity index (χ2v) is 6.92. The Bertz CT molecular complexity index is 949. The first-order valence-corrected chi connectivity index (χ1v) is 9.36. The van der Waals surface area contributed by atoms with Gasteiger partial charge in [0.05, 0.1) is 12.7 Å². The maximum Gasteiger partial charge on any atom is 0.416 e. The number of esters is 1. The van der Waals surface area contributed by atoms with Crippen molar-refractivity contribution in [2.45, 2.75) is 45.0 Å². The van der Waals surface area contributed by atoms with E-state index in [1.54, 1.807) is 0 Å². The Kier molecular flexibility index (Phi) is 7.48. The van der Waals surface area contributed by atoms with Gasteiger partial charge in [0.25, 0.3) is 5.91 Å². The van der Waals surface area contributed by atoms with Crippen LogP contribution in [0.25, 0.3) is 0 Å². The van der Waals surface area contributed by atoms with Crippen molar-refractivity contribution in [2.75, 3.05) is 7.11 Å². The zero-order valence-electron chi connectivity index (χ0n) is 17.4. The molecule has 0 radical (unpaired) electrons. The van der Waals surface area contributed by atoms with Gasteiger partial charge >= 0.3 is 12.1 Å². The topological polar surface area (TPSA) is 97.8 Å². The number of benzene rings is 1. The van der Waals surface area contributed by atoms with Crippen LogP contribution in [0, 0.1) is 0 Å². The van der Waals surface area contributed by atoms with E-state index in [0.717, 1.165) is 6.07 Å². The van der Waals surface area contributed by atoms with Crippen molar-refractivity contribution in [2.24, 2.45) is 0 Å². The van der Waals surface area contributed by atoms with Gasteiger partial charge in [0.1, 0.15) is 12.1 Å². The number of ether oxygens (including phenoxy) is 2. The molecule has 31 heavy (non-hydrogen) atoms.